The van der Waals surface area contributed by atoms with E-state index in [4.69, 9.17) is 10.5 Å². The first-order valence-corrected chi connectivity index (χ1v) is 6.14. The van der Waals surface area contributed by atoms with Crippen molar-refractivity contribution in [3.05, 3.63) is 48.0 Å². The molecule has 4 heteroatoms. The highest BCUT2D eigenvalue weighted by Gasteiger charge is 2.14. The van der Waals surface area contributed by atoms with Crippen LogP contribution in [0, 0.1) is 0 Å². The van der Waals surface area contributed by atoms with Crippen LogP contribution in [0.3, 0.4) is 0 Å². The summed E-state index contributed by atoms with van der Waals surface area (Å²) in [5, 5.41) is 0. The molecule has 18 heavy (non-hydrogen) atoms. The Morgan fingerprint density at radius 3 is 2.89 bits per heavy atom. The lowest BCUT2D eigenvalue weighted by Gasteiger charge is -2.15. The van der Waals surface area contributed by atoms with Crippen LogP contribution in [0.4, 0.5) is 0 Å². The molecule has 1 heterocycles. The molecule has 0 aliphatic heterocycles. The van der Waals surface area contributed by atoms with Crippen LogP contribution in [-0.4, -0.2) is 16.7 Å². The highest BCUT2D eigenvalue weighted by atomic mass is 16.5. The van der Waals surface area contributed by atoms with Crippen molar-refractivity contribution in [3.8, 4) is 5.75 Å². The number of nitrogens with zero attached hydrogens (tertiary/aromatic N) is 2. The molecule has 0 aliphatic carbocycles. The summed E-state index contributed by atoms with van der Waals surface area (Å²) in [4.78, 5) is 4.35. The van der Waals surface area contributed by atoms with Crippen LogP contribution >= 0.6 is 0 Å². The fraction of sp³-hybridized carbons (Fsp3) is 0.357. The molecule has 1 unspecified atom stereocenters. The van der Waals surface area contributed by atoms with E-state index in [2.05, 4.69) is 16.5 Å². The number of aromatic nitrogens is 2. The van der Waals surface area contributed by atoms with Crippen LogP contribution in [-0.2, 0) is 13.0 Å². The molecule has 2 rings (SSSR count). The van der Waals surface area contributed by atoms with E-state index in [1.165, 1.54) is 0 Å². The first-order valence-electron chi connectivity index (χ1n) is 6.14. The van der Waals surface area contributed by atoms with Crippen LogP contribution in [0.5, 0.6) is 5.75 Å². The van der Waals surface area contributed by atoms with Crippen molar-refractivity contribution in [2.45, 2.75) is 25.9 Å². The maximum absolute atomic E-state index is 6.25. The van der Waals surface area contributed by atoms with Gasteiger partial charge in [0, 0.05) is 37.0 Å². The summed E-state index contributed by atoms with van der Waals surface area (Å²) in [6.45, 7) is 3.01. The molecule has 0 spiro atoms. The minimum Gasteiger partial charge on any atom is -0.496 e. The van der Waals surface area contributed by atoms with Gasteiger partial charge in [0.05, 0.1) is 7.11 Å². The van der Waals surface area contributed by atoms with Gasteiger partial charge >= 0.3 is 0 Å². The molecule has 4 nitrogen and oxygen atoms in total. The van der Waals surface area contributed by atoms with Gasteiger partial charge in [0.2, 0.25) is 0 Å². The predicted molar refractivity (Wildman–Crippen MR) is 71.5 cm³/mol. The normalized spacial score (nSPS) is 12.4. The van der Waals surface area contributed by atoms with Gasteiger partial charge in [-0.05, 0) is 13.0 Å². The van der Waals surface area contributed by atoms with E-state index in [1.807, 2.05) is 36.7 Å². The number of ether oxygens (including phenoxy) is 1. The van der Waals surface area contributed by atoms with Crippen LogP contribution in [0.15, 0.2) is 36.7 Å². The zero-order valence-corrected chi connectivity index (χ0v) is 10.8. The Morgan fingerprint density at radius 1 is 1.39 bits per heavy atom. The average molecular weight is 245 g/mol. The average Bonchev–Trinajstić information content (AvgIpc) is 2.85. The number of hydrogen-bond acceptors (Lipinski definition) is 3. The number of aryl methyl sites for hydroxylation is 1. The first-order chi connectivity index (χ1) is 8.76. The van der Waals surface area contributed by atoms with Crippen molar-refractivity contribution in [3.63, 3.8) is 0 Å². The van der Waals surface area contributed by atoms with Gasteiger partial charge in [-0.1, -0.05) is 18.2 Å². The maximum atomic E-state index is 6.25. The van der Waals surface area contributed by atoms with Crippen molar-refractivity contribution >= 4 is 0 Å². The lowest BCUT2D eigenvalue weighted by Crippen LogP contribution is -2.17. The van der Waals surface area contributed by atoms with E-state index in [1.54, 1.807) is 7.11 Å². The summed E-state index contributed by atoms with van der Waals surface area (Å²) < 4.78 is 7.44. The predicted octanol–water partition coefficient (Wildman–Crippen LogP) is 2.15. The lowest BCUT2D eigenvalue weighted by atomic mass is 10.0. The molecule has 2 aromatic rings. The van der Waals surface area contributed by atoms with Crippen LogP contribution < -0.4 is 10.5 Å². The van der Waals surface area contributed by atoms with Crippen molar-refractivity contribution in [1.82, 2.24) is 9.55 Å². The molecular weight excluding hydrogens is 226 g/mol. The highest BCUT2D eigenvalue weighted by Crippen LogP contribution is 2.25. The van der Waals surface area contributed by atoms with E-state index in [-0.39, 0.29) is 6.04 Å². The largest absolute Gasteiger partial charge is 0.496 e. The van der Waals surface area contributed by atoms with Crippen LogP contribution in [0.1, 0.15) is 24.4 Å². The third-order valence-electron chi connectivity index (χ3n) is 3.08. The van der Waals surface area contributed by atoms with E-state index in [0.29, 0.717) is 6.42 Å². The second-order valence-corrected chi connectivity index (χ2v) is 4.18. The Balaban J connectivity index is 2.19. The second-order valence-electron chi connectivity index (χ2n) is 4.18. The van der Waals surface area contributed by atoms with Crippen molar-refractivity contribution in [2.24, 2.45) is 5.73 Å². The van der Waals surface area contributed by atoms with Gasteiger partial charge in [-0.25, -0.2) is 4.98 Å². The van der Waals surface area contributed by atoms with Gasteiger partial charge in [0.25, 0.3) is 0 Å². The van der Waals surface area contributed by atoms with Gasteiger partial charge in [-0.2, -0.15) is 0 Å². The second kappa shape index (κ2) is 5.69. The number of para-hydroxylation sites is 1. The van der Waals surface area contributed by atoms with Gasteiger partial charge in [-0.15, -0.1) is 0 Å². The molecule has 96 valence electrons. The molecule has 0 saturated carbocycles. The Labute approximate surface area is 107 Å². The Bertz CT molecular complexity index is 507. The van der Waals surface area contributed by atoms with Crippen LogP contribution in [0.25, 0.3) is 0 Å². The Morgan fingerprint density at radius 2 is 2.17 bits per heavy atom. The SMILES string of the molecule is CCn1ccnc1CC(N)c1ccccc1OC. The summed E-state index contributed by atoms with van der Waals surface area (Å²) in [5.41, 5.74) is 7.27. The molecule has 2 N–H and O–H groups in total. The topological polar surface area (TPSA) is 53.1 Å². The molecule has 1 aromatic carbocycles. The van der Waals surface area contributed by atoms with Gasteiger partial charge in [-0.3, -0.25) is 0 Å². The zero-order chi connectivity index (χ0) is 13.0. The molecule has 0 bridgehead atoms. The number of nitrogens with two attached hydrogens (primary N) is 1. The fourth-order valence-corrected chi connectivity index (χ4v) is 2.10. The zero-order valence-electron chi connectivity index (χ0n) is 10.8. The van der Waals surface area contributed by atoms with E-state index in [9.17, 15) is 0 Å². The summed E-state index contributed by atoms with van der Waals surface area (Å²) in [6, 6.07) is 7.75. The Kier molecular flexibility index (Phi) is 3.99. The first kappa shape index (κ1) is 12.6. The minimum absolute atomic E-state index is 0.103. The number of hydrogen-bond donors (Lipinski definition) is 1. The number of methoxy groups -OCH3 is 1. The highest BCUT2D eigenvalue weighted by molar-refractivity contribution is 5.36. The maximum Gasteiger partial charge on any atom is 0.123 e. The number of imidazole rings is 1. The Hall–Kier alpha value is -1.81. The van der Waals surface area contributed by atoms with Crippen LogP contribution in [0.2, 0.25) is 0 Å². The smallest absolute Gasteiger partial charge is 0.123 e. The molecule has 0 fully saturated rings. The van der Waals surface area contributed by atoms with E-state index in [0.717, 1.165) is 23.7 Å². The molecule has 0 aliphatic rings. The molecule has 1 aromatic heterocycles. The molecule has 0 saturated heterocycles. The summed E-state index contributed by atoms with van der Waals surface area (Å²) >= 11 is 0. The standard InChI is InChI=1S/C14H19N3O/c1-3-17-9-8-16-14(17)10-12(15)11-6-4-5-7-13(11)18-2/h4-9,12H,3,10,15H2,1-2H3. The monoisotopic (exact) mass is 245 g/mol. The van der Waals surface area contributed by atoms with E-state index >= 15 is 0 Å². The summed E-state index contributed by atoms with van der Waals surface area (Å²) in [7, 11) is 1.67. The molecule has 1 atom stereocenters. The number of rotatable bonds is 5. The summed E-state index contributed by atoms with van der Waals surface area (Å²) in [5.74, 6) is 1.84. The van der Waals surface area contributed by atoms with Gasteiger partial charge in [0.1, 0.15) is 11.6 Å². The molecule has 0 amide bonds. The summed E-state index contributed by atoms with van der Waals surface area (Å²) in [6.07, 6.45) is 4.50. The quantitative estimate of drug-likeness (QED) is 0.878. The molecule has 0 radical (unpaired) electrons. The van der Waals surface area contributed by atoms with Gasteiger partial charge < -0.3 is 15.0 Å². The third-order valence-corrected chi connectivity index (χ3v) is 3.08. The fourth-order valence-electron chi connectivity index (χ4n) is 2.10. The van der Waals surface area contributed by atoms with Gasteiger partial charge in [0.15, 0.2) is 0 Å². The van der Waals surface area contributed by atoms with E-state index < -0.39 is 0 Å². The minimum atomic E-state index is -0.103. The van der Waals surface area contributed by atoms with Crippen molar-refractivity contribution < 1.29 is 4.74 Å². The number of benzene rings is 1. The lowest BCUT2D eigenvalue weighted by molar-refractivity contribution is 0.405. The van der Waals surface area contributed by atoms with Crippen molar-refractivity contribution in [2.75, 3.05) is 7.11 Å². The van der Waals surface area contributed by atoms with Crippen molar-refractivity contribution in [1.29, 1.82) is 0 Å². The molecular formula is C14H19N3O. The third kappa shape index (κ3) is 2.54.